The van der Waals surface area contributed by atoms with Crippen LogP contribution >= 0.6 is 0 Å². The van der Waals surface area contributed by atoms with Crippen molar-refractivity contribution in [3.63, 3.8) is 0 Å². The van der Waals surface area contributed by atoms with E-state index in [0.29, 0.717) is 5.69 Å². The molecule has 4 N–H and O–H groups in total. The van der Waals surface area contributed by atoms with Crippen molar-refractivity contribution in [3.05, 3.63) is 88.5 Å². The first-order valence-corrected chi connectivity index (χ1v) is 16.3. The Morgan fingerprint density at radius 2 is 1.16 bits per heavy atom. The summed E-state index contributed by atoms with van der Waals surface area (Å²) in [6.07, 6.45) is 7.92. The summed E-state index contributed by atoms with van der Waals surface area (Å²) >= 11 is 0. The number of aromatic nitrogens is 4. The Kier molecular flexibility index (Phi) is 6.27. The van der Waals surface area contributed by atoms with Gasteiger partial charge in [-0.05, 0) is 118 Å². The molecule has 7 nitrogen and oxygen atoms in total. The molecule has 3 aliphatic heterocycles. The maximum absolute atomic E-state index is 15.5. The molecule has 44 heavy (non-hydrogen) atoms. The van der Waals surface area contributed by atoms with E-state index in [0.717, 1.165) is 109 Å². The van der Waals surface area contributed by atoms with Crippen molar-refractivity contribution in [2.45, 2.75) is 81.5 Å². The van der Waals surface area contributed by atoms with Crippen molar-refractivity contribution in [1.82, 2.24) is 30.6 Å². The van der Waals surface area contributed by atoms with Crippen molar-refractivity contribution < 1.29 is 8.78 Å². The van der Waals surface area contributed by atoms with Crippen LogP contribution in [0.15, 0.2) is 48.5 Å². The maximum Gasteiger partial charge on any atom is 0.131 e. The zero-order valence-electron chi connectivity index (χ0n) is 24.7. The van der Waals surface area contributed by atoms with E-state index in [1.165, 1.54) is 0 Å². The molecule has 5 aromatic rings. The molecule has 0 spiro atoms. The molecule has 4 fully saturated rings. The van der Waals surface area contributed by atoms with Gasteiger partial charge in [-0.2, -0.15) is 0 Å². The highest BCUT2D eigenvalue weighted by molar-refractivity contribution is 5.78. The van der Waals surface area contributed by atoms with Gasteiger partial charge < -0.3 is 25.5 Å². The Morgan fingerprint density at radius 1 is 0.636 bits per heavy atom. The first-order chi connectivity index (χ1) is 21.6. The second-order valence-electron chi connectivity index (χ2n) is 13.2. The average molecular weight is 594 g/mol. The van der Waals surface area contributed by atoms with E-state index in [1.807, 2.05) is 0 Å². The Hall–Kier alpha value is -3.82. The van der Waals surface area contributed by atoms with E-state index in [-0.39, 0.29) is 35.6 Å². The van der Waals surface area contributed by atoms with Crippen LogP contribution in [0.2, 0.25) is 0 Å². The summed E-state index contributed by atoms with van der Waals surface area (Å²) in [5, 5.41) is 7.06. The number of rotatable bonds is 6. The van der Waals surface area contributed by atoms with Crippen molar-refractivity contribution in [2.24, 2.45) is 0 Å². The van der Waals surface area contributed by atoms with Crippen LogP contribution in [0.25, 0.3) is 22.1 Å². The molecule has 1 aliphatic carbocycles. The molecule has 1 saturated carbocycles. The first kappa shape index (κ1) is 26.6. The highest BCUT2D eigenvalue weighted by atomic mass is 19.1. The highest BCUT2D eigenvalue weighted by Crippen LogP contribution is 2.50. The first-order valence-electron chi connectivity index (χ1n) is 16.3. The predicted octanol–water partition coefficient (Wildman–Crippen LogP) is 7.53. The van der Waals surface area contributed by atoms with Crippen molar-refractivity contribution in [3.8, 4) is 0 Å². The summed E-state index contributed by atoms with van der Waals surface area (Å²) in [4.78, 5) is 19.1. The van der Waals surface area contributed by atoms with E-state index in [4.69, 9.17) is 9.97 Å². The van der Waals surface area contributed by atoms with Crippen LogP contribution < -0.4 is 15.5 Å². The minimum absolute atomic E-state index is 0.00639. The fourth-order valence-electron chi connectivity index (χ4n) is 7.98. The lowest BCUT2D eigenvalue weighted by Gasteiger charge is -2.33. The van der Waals surface area contributed by atoms with Crippen molar-refractivity contribution >= 4 is 27.8 Å². The monoisotopic (exact) mass is 593 g/mol. The van der Waals surface area contributed by atoms with Crippen LogP contribution in [0.1, 0.15) is 110 Å². The summed E-state index contributed by atoms with van der Waals surface area (Å²) in [5.41, 5.74) is 6.99. The molecule has 4 aliphatic rings. The molecule has 2 aromatic heterocycles. The number of nitrogens with zero attached hydrogens (tertiary/aromatic N) is 3. The van der Waals surface area contributed by atoms with Crippen LogP contribution in [-0.2, 0) is 0 Å². The van der Waals surface area contributed by atoms with Gasteiger partial charge in [0.1, 0.15) is 23.3 Å². The summed E-state index contributed by atoms with van der Waals surface area (Å²) in [6.45, 7) is 2.03. The van der Waals surface area contributed by atoms with E-state index in [9.17, 15) is 0 Å². The van der Waals surface area contributed by atoms with Gasteiger partial charge in [0.15, 0.2) is 0 Å². The molecule has 9 rings (SSSR count). The maximum atomic E-state index is 15.5. The molecule has 5 heterocycles. The van der Waals surface area contributed by atoms with E-state index in [1.54, 1.807) is 12.1 Å². The molecule has 4 atom stereocenters. The zero-order valence-corrected chi connectivity index (χ0v) is 24.7. The van der Waals surface area contributed by atoms with Gasteiger partial charge in [-0.1, -0.05) is 12.1 Å². The number of H-pyrrole nitrogens is 2. The third kappa shape index (κ3) is 4.51. The molecular weight excluding hydrogens is 556 g/mol. The minimum Gasteiger partial charge on any atom is -0.357 e. The van der Waals surface area contributed by atoms with Gasteiger partial charge in [0.25, 0.3) is 0 Å². The van der Waals surface area contributed by atoms with Gasteiger partial charge in [-0.15, -0.1) is 0 Å². The van der Waals surface area contributed by atoms with Crippen LogP contribution in [0, 0.1) is 11.6 Å². The molecule has 3 aromatic carbocycles. The van der Waals surface area contributed by atoms with Gasteiger partial charge in [-0.3, -0.25) is 0 Å². The van der Waals surface area contributed by atoms with Gasteiger partial charge in [0, 0.05) is 11.3 Å². The minimum atomic E-state index is -0.428. The number of nitrogens with one attached hydrogen (secondary N) is 4. The molecule has 0 bridgehead atoms. The van der Waals surface area contributed by atoms with E-state index >= 15 is 8.78 Å². The number of fused-ring (bicyclic) bond motifs is 2. The summed E-state index contributed by atoms with van der Waals surface area (Å²) in [6, 6.07) is 16.4. The van der Waals surface area contributed by atoms with E-state index in [2.05, 4.69) is 61.9 Å². The average Bonchev–Trinajstić information content (AvgIpc) is 3.63. The molecule has 226 valence electrons. The fraction of sp³-hybridized carbons (Fsp3) is 0.429. The second kappa shape index (κ2) is 10.4. The van der Waals surface area contributed by atoms with Crippen LogP contribution in [0.4, 0.5) is 14.5 Å². The SMILES string of the molecule is Fc1cc(N2C(c3ccc4nc([C@@H]5CCCN5)[nH]c4c3)CC[C@H]2c2ccc3nc([C@@H]4CCCN4)[nH]c3c2)cc(F)c1C1CC1. The van der Waals surface area contributed by atoms with Crippen molar-refractivity contribution in [2.75, 3.05) is 18.0 Å². The molecule has 1 unspecified atom stereocenters. The van der Waals surface area contributed by atoms with Crippen LogP contribution in [-0.4, -0.2) is 33.0 Å². The molecule has 9 heteroatoms. The standard InChI is InChI=1S/C35H37F2N7/c36-23-17-22(18-24(37)33(23)19-5-6-19)44-31(20-7-9-25-29(15-20)42-34(40-25)27-3-1-13-38-27)11-12-32(44)21-8-10-26-30(16-21)43-35(41-26)28-4-2-14-39-28/h7-10,15-19,27-28,31-32,38-39H,1-6,11-14H2,(H,40,42)(H,41,43)/t27-,28-,31-,32?/m0/s1. The number of hydrogen-bond donors (Lipinski definition) is 4. The Labute approximate surface area is 254 Å². The summed E-state index contributed by atoms with van der Waals surface area (Å²) in [5.74, 6) is 1.11. The number of benzene rings is 3. The Balaban J connectivity index is 1.11. The number of imidazole rings is 2. The summed E-state index contributed by atoms with van der Waals surface area (Å²) in [7, 11) is 0. The van der Waals surface area contributed by atoms with Gasteiger partial charge >= 0.3 is 0 Å². The molecular formula is C35H37F2N7. The lowest BCUT2D eigenvalue weighted by atomic mass is 10.0. The van der Waals surface area contributed by atoms with Crippen molar-refractivity contribution in [1.29, 1.82) is 0 Å². The highest BCUT2D eigenvalue weighted by Gasteiger charge is 2.38. The zero-order chi connectivity index (χ0) is 29.4. The van der Waals surface area contributed by atoms with Gasteiger partial charge in [0.2, 0.25) is 0 Å². The quantitative estimate of drug-likeness (QED) is 0.164. The third-order valence-corrected chi connectivity index (χ3v) is 10.3. The van der Waals surface area contributed by atoms with Crippen LogP contribution in [0.3, 0.4) is 0 Å². The third-order valence-electron chi connectivity index (χ3n) is 10.3. The van der Waals surface area contributed by atoms with Gasteiger partial charge in [0.05, 0.1) is 46.2 Å². The van der Waals surface area contributed by atoms with Crippen LogP contribution in [0.5, 0.6) is 0 Å². The lowest BCUT2D eigenvalue weighted by Crippen LogP contribution is -2.26. The molecule has 3 saturated heterocycles. The second-order valence-corrected chi connectivity index (χ2v) is 13.2. The predicted molar refractivity (Wildman–Crippen MR) is 168 cm³/mol. The molecule has 0 amide bonds. The lowest BCUT2D eigenvalue weighted by molar-refractivity contribution is 0.553. The normalized spacial score (nSPS) is 25.6. The Bertz CT molecular complexity index is 1740. The van der Waals surface area contributed by atoms with E-state index < -0.39 is 11.6 Å². The number of halogens is 2. The smallest absolute Gasteiger partial charge is 0.131 e. The topological polar surface area (TPSA) is 84.7 Å². The molecule has 0 radical (unpaired) electrons. The van der Waals surface area contributed by atoms with Gasteiger partial charge in [-0.25, -0.2) is 18.7 Å². The number of hydrogen-bond acceptors (Lipinski definition) is 5. The fourth-order valence-corrected chi connectivity index (χ4v) is 7.98. The summed E-state index contributed by atoms with van der Waals surface area (Å²) < 4.78 is 31.1. The largest absolute Gasteiger partial charge is 0.357 e. The number of aromatic amines is 2. The Morgan fingerprint density at radius 3 is 1.61 bits per heavy atom. The number of anilines is 1.